The summed E-state index contributed by atoms with van der Waals surface area (Å²) in [5, 5.41) is 0. The number of likely N-dealkylation sites (tertiary alicyclic amines) is 1. The maximum atomic E-state index is 12.3. The van der Waals surface area contributed by atoms with E-state index in [2.05, 4.69) is 6.92 Å². The summed E-state index contributed by atoms with van der Waals surface area (Å²) in [7, 11) is 0. The minimum atomic E-state index is 0.133. The molecule has 0 aromatic heterocycles. The number of nitrogens with two attached hydrogens (primary N) is 1. The van der Waals surface area contributed by atoms with Crippen molar-refractivity contribution in [1.82, 2.24) is 4.90 Å². The van der Waals surface area contributed by atoms with Crippen molar-refractivity contribution < 1.29 is 4.79 Å². The van der Waals surface area contributed by atoms with Crippen LogP contribution in [0.15, 0.2) is 24.3 Å². The van der Waals surface area contributed by atoms with Crippen LogP contribution in [0.1, 0.15) is 29.3 Å². The van der Waals surface area contributed by atoms with Crippen LogP contribution in [0.2, 0.25) is 0 Å². The normalized spacial score (nSPS) is 24.1. The minimum Gasteiger partial charge on any atom is -0.336 e. The van der Waals surface area contributed by atoms with Crippen LogP contribution in [0, 0.1) is 12.8 Å². The lowest BCUT2D eigenvalue weighted by Gasteiger charge is -2.21. The average Bonchev–Trinajstić information content (AvgIpc) is 2.71. The molecular weight excluding hydrogens is 212 g/mol. The van der Waals surface area contributed by atoms with E-state index in [0.717, 1.165) is 18.5 Å². The molecule has 3 heteroatoms. The largest absolute Gasteiger partial charge is 0.336 e. The summed E-state index contributed by atoms with van der Waals surface area (Å²) in [6.07, 6.45) is 1.02. The molecule has 1 aliphatic rings. The monoisotopic (exact) mass is 232 g/mol. The lowest BCUT2D eigenvalue weighted by Crippen LogP contribution is -2.34. The Balaban J connectivity index is 2.12. The molecular formula is C14H20N2O. The van der Waals surface area contributed by atoms with Gasteiger partial charge in [-0.05, 0) is 44.9 Å². The third kappa shape index (κ3) is 2.50. The highest BCUT2D eigenvalue weighted by Gasteiger charge is 2.31. The molecule has 1 saturated heterocycles. The lowest BCUT2D eigenvalue weighted by molar-refractivity contribution is 0.0743. The van der Waals surface area contributed by atoms with Crippen molar-refractivity contribution in [2.75, 3.05) is 13.1 Å². The Morgan fingerprint density at radius 3 is 2.59 bits per heavy atom. The van der Waals surface area contributed by atoms with Gasteiger partial charge in [-0.3, -0.25) is 4.79 Å². The van der Waals surface area contributed by atoms with Gasteiger partial charge in [0.15, 0.2) is 0 Å². The van der Waals surface area contributed by atoms with Gasteiger partial charge in [-0.1, -0.05) is 17.7 Å². The third-order valence-corrected chi connectivity index (χ3v) is 3.55. The Labute approximate surface area is 103 Å². The van der Waals surface area contributed by atoms with Crippen LogP contribution in [-0.4, -0.2) is 29.9 Å². The Morgan fingerprint density at radius 1 is 1.41 bits per heavy atom. The number of benzene rings is 1. The van der Waals surface area contributed by atoms with Gasteiger partial charge in [0.05, 0.1) is 0 Å². The molecule has 3 nitrogen and oxygen atoms in total. The molecule has 2 rings (SSSR count). The number of hydrogen-bond donors (Lipinski definition) is 1. The van der Waals surface area contributed by atoms with Gasteiger partial charge in [0.2, 0.25) is 0 Å². The van der Waals surface area contributed by atoms with Crippen LogP contribution in [0.5, 0.6) is 0 Å². The number of nitrogens with zero attached hydrogens (tertiary/aromatic N) is 1. The fourth-order valence-corrected chi connectivity index (χ4v) is 2.46. The zero-order chi connectivity index (χ0) is 12.4. The first kappa shape index (κ1) is 12.1. The first-order valence-corrected chi connectivity index (χ1v) is 6.19. The van der Waals surface area contributed by atoms with Crippen LogP contribution in [0.4, 0.5) is 0 Å². The molecule has 0 bridgehead atoms. The van der Waals surface area contributed by atoms with Gasteiger partial charge in [-0.15, -0.1) is 0 Å². The summed E-state index contributed by atoms with van der Waals surface area (Å²) < 4.78 is 0. The number of rotatable bonds is 2. The summed E-state index contributed by atoms with van der Waals surface area (Å²) in [6, 6.07) is 8.07. The van der Waals surface area contributed by atoms with Crippen LogP contribution >= 0.6 is 0 Å². The van der Waals surface area contributed by atoms with Crippen molar-refractivity contribution in [3.8, 4) is 0 Å². The van der Waals surface area contributed by atoms with Crippen molar-refractivity contribution >= 4 is 5.91 Å². The van der Waals surface area contributed by atoms with E-state index in [4.69, 9.17) is 5.73 Å². The zero-order valence-corrected chi connectivity index (χ0v) is 10.5. The maximum absolute atomic E-state index is 12.3. The molecule has 1 aromatic rings. The second-order valence-corrected chi connectivity index (χ2v) is 5.01. The summed E-state index contributed by atoms with van der Waals surface area (Å²) in [5.41, 5.74) is 7.63. The fourth-order valence-electron chi connectivity index (χ4n) is 2.46. The second kappa shape index (κ2) is 4.88. The smallest absolute Gasteiger partial charge is 0.254 e. The van der Waals surface area contributed by atoms with E-state index in [1.807, 2.05) is 36.1 Å². The molecule has 0 spiro atoms. The number of amides is 1. The van der Waals surface area contributed by atoms with Gasteiger partial charge >= 0.3 is 0 Å². The highest BCUT2D eigenvalue weighted by Crippen LogP contribution is 2.24. The summed E-state index contributed by atoms with van der Waals surface area (Å²) in [4.78, 5) is 14.3. The minimum absolute atomic E-state index is 0.133. The predicted octanol–water partition coefficient (Wildman–Crippen LogP) is 1.80. The van der Waals surface area contributed by atoms with E-state index in [1.165, 1.54) is 5.56 Å². The van der Waals surface area contributed by atoms with E-state index in [9.17, 15) is 4.79 Å². The van der Waals surface area contributed by atoms with E-state index in [-0.39, 0.29) is 5.91 Å². The molecule has 1 fully saturated rings. The van der Waals surface area contributed by atoms with Crippen LogP contribution in [0.25, 0.3) is 0 Å². The number of aryl methyl sites for hydroxylation is 1. The van der Waals surface area contributed by atoms with Gasteiger partial charge in [0.1, 0.15) is 0 Å². The topological polar surface area (TPSA) is 46.3 Å². The van der Waals surface area contributed by atoms with E-state index >= 15 is 0 Å². The Kier molecular flexibility index (Phi) is 3.48. The van der Waals surface area contributed by atoms with Crippen LogP contribution < -0.4 is 5.73 Å². The van der Waals surface area contributed by atoms with Crippen molar-refractivity contribution in [3.05, 3.63) is 35.4 Å². The zero-order valence-electron chi connectivity index (χ0n) is 10.5. The maximum Gasteiger partial charge on any atom is 0.254 e. The first-order chi connectivity index (χ1) is 8.11. The molecule has 0 aliphatic carbocycles. The molecule has 1 aromatic carbocycles. The number of carbonyl (C=O) groups excluding carboxylic acids is 1. The van der Waals surface area contributed by atoms with E-state index < -0.39 is 0 Å². The molecule has 1 amide bonds. The van der Waals surface area contributed by atoms with E-state index in [1.54, 1.807) is 0 Å². The van der Waals surface area contributed by atoms with Crippen LogP contribution in [-0.2, 0) is 0 Å². The highest BCUT2D eigenvalue weighted by molar-refractivity contribution is 5.94. The molecule has 17 heavy (non-hydrogen) atoms. The molecule has 2 atom stereocenters. The average molecular weight is 232 g/mol. The Bertz CT molecular complexity index is 399. The van der Waals surface area contributed by atoms with Gasteiger partial charge < -0.3 is 10.6 Å². The SMILES string of the molecule is Cc1ccc(C(=O)N2CC(CN)CC2C)cc1. The Morgan fingerprint density at radius 2 is 2.06 bits per heavy atom. The van der Waals surface area contributed by atoms with Gasteiger partial charge in [-0.2, -0.15) is 0 Å². The number of carbonyl (C=O) groups is 1. The molecule has 1 heterocycles. The molecule has 2 N–H and O–H groups in total. The lowest BCUT2D eigenvalue weighted by atomic mass is 10.1. The summed E-state index contributed by atoms with van der Waals surface area (Å²) in [5.74, 6) is 0.591. The van der Waals surface area contributed by atoms with Gasteiger partial charge in [-0.25, -0.2) is 0 Å². The number of hydrogen-bond acceptors (Lipinski definition) is 2. The van der Waals surface area contributed by atoms with Crippen LogP contribution in [0.3, 0.4) is 0 Å². The quantitative estimate of drug-likeness (QED) is 0.845. The predicted molar refractivity (Wildman–Crippen MR) is 68.8 cm³/mol. The Hall–Kier alpha value is -1.35. The fraction of sp³-hybridized carbons (Fsp3) is 0.500. The van der Waals surface area contributed by atoms with Gasteiger partial charge in [0, 0.05) is 18.2 Å². The first-order valence-electron chi connectivity index (χ1n) is 6.19. The van der Waals surface area contributed by atoms with Crippen molar-refractivity contribution in [2.24, 2.45) is 11.7 Å². The standard InChI is InChI=1S/C14H20N2O/c1-10-3-5-13(6-4-10)14(17)16-9-12(8-15)7-11(16)2/h3-6,11-12H,7-9,15H2,1-2H3. The van der Waals surface area contributed by atoms with Crippen molar-refractivity contribution in [3.63, 3.8) is 0 Å². The second-order valence-electron chi connectivity index (χ2n) is 5.01. The van der Waals surface area contributed by atoms with Gasteiger partial charge in [0.25, 0.3) is 5.91 Å². The molecule has 2 unspecified atom stereocenters. The summed E-state index contributed by atoms with van der Waals surface area (Å²) >= 11 is 0. The summed E-state index contributed by atoms with van der Waals surface area (Å²) in [6.45, 7) is 5.59. The van der Waals surface area contributed by atoms with Crippen molar-refractivity contribution in [1.29, 1.82) is 0 Å². The van der Waals surface area contributed by atoms with Crippen molar-refractivity contribution in [2.45, 2.75) is 26.3 Å². The molecule has 92 valence electrons. The molecule has 0 radical (unpaired) electrons. The molecule has 0 saturated carbocycles. The highest BCUT2D eigenvalue weighted by atomic mass is 16.2. The van der Waals surface area contributed by atoms with E-state index in [0.29, 0.717) is 18.5 Å². The third-order valence-electron chi connectivity index (χ3n) is 3.55. The molecule has 1 aliphatic heterocycles.